The Bertz CT molecular complexity index is 567. The quantitative estimate of drug-likeness (QED) is 0.784. The van der Waals surface area contributed by atoms with Crippen molar-refractivity contribution in [3.05, 3.63) is 29.8 Å². The van der Waals surface area contributed by atoms with Crippen LogP contribution in [0.5, 0.6) is 0 Å². The predicted octanol–water partition coefficient (Wildman–Crippen LogP) is 1.61. The first-order chi connectivity index (χ1) is 11.2. The van der Waals surface area contributed by atoms with Crippen molar-refractivity contribution < 1.29 is 9.59 Å². The average molecular weight is 315 g/mol. The number of para-hydroxylation sites is 1. The summed E-state index contributed by atoms with van der Waals surface area (Å²) in [5.74, 6) is 0.241. The van der Waals surface area contributed by atoms with E-state index >= 15 is 0 Å². The number of carbonyl (C=O) groups is 2. The zero-order valence-corrected chi connectivity index (χ0v) is 13.5. The molecule has 2 aliphatic rings. The van der Waals surface area contributed by atoms with Crippen LogP contribution in [-0.4, -0.2) is 37.5 Å². The Balaban J connectivity index is 1.36. The molecule has 124 valence electrons. The third kappa shape index (κ3) is 4.10. The van der Waals surface area contributed by atoms with Crippen LogP contribution in [-0.2, 0) is 16.0 Å². The Morgan fingerprint density at radius 3 is 3.00 bits per heavy atom. The number of nitrogens with one attached hydrogen (secondary N) is 2. The van der Waals surface area contributed by atoms with E-state index in [-0.39, 0.29) is 11.8 Å². The van der Waals surface area contributed by atoms with Crippen LogP contribution in [0.15, 0.2) is 24.3 Å². The molecule has 23 heavy (non-hydrogen) atoms. The number of nitrogens with zero attached hydrogens (tertiary/aromatic N) is 1. The Labute approximate surface area is 137 Å². The maximum Gasteiger partial charge on any atom is 0.227 e. The van der Waals surface area contributed by atoms with E-state index in [4.69, 9.17) is 0 Å². The van der Waals surface area contributed by atoms with Gasteiger partial charge in [-0.2, -0.15) is 0 Å². The molecular weight excluding hydrogens is 290 g/mol. The lowest BCUT2D eigenvalue weighted by molar-refractivity contribution is -0.122. The van der Waals surface area contributed by atoms with E-state index < -0.39 is 0 Å². The van der Waals surface area contributed by atoms with Gasteiger partial charge in [0, 0.05) is 37.7 Å². The van der Waals surface area contributed by atoms with Crippen LogP contribution < -0.4 is 15.5 Å². The number of carbonyl (C=O) groups excluding carboxylic acids is 2. The number of hydrogen-bond donors (Lipinski definition) is 2. The van der Waals surface area contributed by atoms with Gasteiger partial charge in [-0.25, -0.2) is 0 Å². The van der Waals surface area contributed by atoms with E-state index in [9.17, 15) is 9.59 Å². The number of benzene rings is 1. The molecule has 3 rings (SSSR count). The van der Waals surface area contributed by atoms with E-state index in [2.05, 4.69) is 16.7 Å². The minimum absolute atomic E-state index is 0.0865. The molecule has 5 nitrogen and oxygen atoms in total. The number of fused-ring (bicyclic) bond motifs is 1. The van der Waals surface area contributed by atoms with Crippen LogP contribution >= 0.6 is 0 Å². The highest BCUT2D eigenvalue weighted by molar-refractivity contribution is 5.95. The number of anilines is 1. The van der Waals surface area contributed by atoms with Gasteiger partial charge < -0.3 is 15.5 Å². The summed E-state index contributed by atoms with van der Waals surface area (Å²) in [6, 6.07) is 8.41. The fourth-order valence-electron chi connectivity index (χ4n) is 3.43. The lowest BCUT2D eigenvalue weighted by atomic mass is 10.1. The molecule has 2 amide bonds. The first kappa shape index (κ1) is 16.0. The van der Waals surface area contributed by atoms with Crippen molar-refractivity contribution in [3.8, 4) is 0 Å². The lowest BCUT2D eigenvalue weighted by Crippen LogP contribution is -2.33. The number of rotatable bonds is 6. The monoisotopic (exact) mass is 315 g/mol. The summed E-state index contributed by atoms with van der Waals surface area (Å²) >= 11 is 0. The molecule has 2 aliphatic heterocycles. The Morgan fingerprint density at radius 2 is 2.17 bits per heavy atom. The molecule has 2 heterocycles. The van der Waals surface area contributed by atoms with Crippen LogP contribution in [0.4, 0.5) is 5.69 Å². The van der Waals surface area contributed by atoms with Gasteiger partial charge in [-0.3, -0.25) is 9.59 Å². The molecule has 1 aromatic carbocycles. The maximum absolute atomic E-state index is 12.3. The van der Waals surface area contributed by atoms with Crippen molar-refractivity contribution in [1.82, 2.24) is 10.6 Å². The number of hydrogen-bond acceptors (Lipinski definition) is 3. The highest BCUT2D eigenvalue weighted by atomic mass is 16.2. The summed E-state index contributed by atoms with van der Waals surface area (Å²) in [5.41, 5.74) is 2.30. The maximum atomic E-state index is 12.3. The fourth-order valence-corrected chi connectivity index (χ4v) is 3.43. The molecule has 1 unspecified atom stereocenters. The molecule has 0 spiro atoms. The van der Waals surface area contributed by atoms with E-state index in [0.29, 0.717) is 31.8 Å². The molecule has 0 bridgehead atoms. The van der Waals surface area contributed by atoms with E-state index in [1.165, 1.54) is 5.56 Å². The second kappa shape index (κ2) is 7.59. The normalized spacial score (nSPS) is 19.7. The van der Waals surface area contributed by atoms with Crippen molar-refractivity contribution >= 4 is 17.5 Å². The smallest absolute Gasteiger partial charge is 0.227 e. The Morgan fingerprint density at radius 1 is 1.30 bits per heavy atom. The van der Waals surface area contributed by atoms with Crippen molar-refractivity contribution in [1.29, 1.82) is 0 Å². The van der Waals surface area contributed by atoms with Crippen molar-refractivity contribution in [2.24, 2.45) is 0 Å². The van der Waals surface area contributed by atoms with Gasteiger partial charge in [-0.15, -0.1) is 0 Å². The molecule has 0 saturated carbocycles. The van der Waals surface area contributed by atoms with Crippen LogP contribution in [0.1, 0.15) is 37.7 Å². The zero-order valence-electron chi connectivity index (χ0n) is 13.5. The summed E-state index contributed by atoms with van der Waals surface area (Å²) < 4.78 is 0. The van der Waals surface area contributed by atoms with E-state index in [1.54, 1.807) is 0 Å². The minimum atomic E-state index is 0.0865. The molecule has 0 radical (unpaired) electrons. The van der Waals surface area contributed by atoms with Gasteiger partial charge >= 0.3 is 0 Å². The van der Waals surface area contributed by atoms with Crippen LogP contribution in [0, 0.1) is 0 Å². The largest absolute Gasteiger partial charge is 0.356 e. The zero-order chi connectivity index (χ0) is 16.1. The molecule has 0 aliphatic carbocycles. The SMILES string of the molecule is O=C(CC1CCCN1)NCCCC(=O)N1CCc2ccccc21. The van der Waals surface area contributed by atoms with Crippen molar-refractivity contribution in [2.75, 3.05) is 24.5 Å². The summed E-state index contributed by atoms with van der Waals surface area (Å²) in [4.78, 5) is 26.0. The van der Waals surface area contributed by atoms with Crippen molar-refractivity contribution in [2.45, 2.75) is 44.6 Å². The molecule has 1 aromatic rings. The first-order valence-corrected chi connectivity index (χ1v) is 8.62. The third-order valence-electron chi connectivity index (χ3n) is 4.67. The highest BCUT2D eigenvalue weighted by Gasteiger charge is 2.23. The molecule has 5 heteroatoms. The molecule has 0 aromatic heterocycles. The second-order valence-corrected chi connectivity index (χ2v) is 6.37. The number of amides is 2. The highest BCUT2D eigenvalue weighted by Crippen LogP contribution is 2.27. The molecule has 1 fully saturated rings. The predicted molar refractivity (Wildman–Crippen MR) is 90.4 cm³/mol. The topological polar surface area (TPSA) is 61.4 Å². The van der Waals surface area contributed by atoms with Crippen LogP contribution in [0.3, 0.4) is 0 Å². The summed E-state index contributed by atoms with van der Waals surface area (Å²) in [6.07, 6.45) is 4.90. The van der Waals surface area contributed by atoms with E-state index in [0.717, 1.165) is 38.0 Å². The molecule has 1 atom stereocenters. The summed E-state index contributed by atoms with van der Waals surface area (Å²) in [7, 11) is 0. The second-order valence-electron chi connectivity index (χ2n) is 6.37. The van der Waals surface area contributed by atoms with Crippen molar-refractivity contribution in [3.63, 3.8) is 0 Å². The standard InChI is InChI=1S/C18H25N3O2/c22-17(13-15-6-3-10-19-15)20-11-4-8-18(23)21-12-9-14-5-1-2-7-16(14)21/h1-2,5,7,15,19H,3-4,6,8-13H2,(H,20,22). The third-order valence-corrected chi connectivity index (χ3v) is 4.67. The van der Waals surface area contributed by atoms with Crippen LogP contribution in [0.2, 0.25) is 0 Å². The van der Waals surface area contributed by atoms with Gasteiger partial charge in [0.2, 0.25) is 11.8 Å². The Hall–Kier alpha value is -1.88. The van der Waals surface area contributed by atoms with Gasteiger partial charge in [0.05, 0.1) is 0 Å². The van der Waals surface area contributed by atoms with Gasteiger partial charge in [-0.1, -0.05) is 18.2 Å². The fraction of sp³-hybridized carbons (Fsp3) is 0.556. The van der Waals surface area contributed by atoms with Gasteiger partial charge in [0.15, 0.2) is 0 Å². The first-order valence-electron chi connectivity index (χ1n) is 8.62. The molecule has 2 N–H and O–H groups in total. The van der Waals surface area contributed by atoms with Gasteiger partial charge in [0.25, 0.3) is 0 Å². The lowest BCUT2D eigenvalue weighted by Gasteiger charge is -2.17. The summed E-state index contributed by atoms with van der Waals surface area (Å²) in [6.45, 7) is 2.37. The van der Waals surface area contributed by atoms with Gasteiger partial charge in [-0.05, 0) is 43.9 Å². The van der Waals surface area contributed by atoms with Gasteiger partial charge in [0.1, 0.15) is 0 Å². The Kier molecular flexibility index (Phi) is 5.28. The molecular formula is C18H25N3O2. The van der Waals surface area contributed by atoms with E-state index in [1.807, 2.05) is 23.1 Å². The van der Waals surface area contributed by atoms with Crippen LogP contribution in [0.25, 0.3) is 0 Å². The molecule has 1 saturated heterocycles. The summed E-state index contributed by atoms with van der Waals surface area (Å²) in [5, 5.41) is 6.25. The average Bonchev–Trinajstić information content (AvgIpc) is 3.20. The minimum Gasteiger partial charge on any atom is -0.356 e.